The quantitative estimate of drug-likeness (QED) is 0.845. The highest BCUT2D eigenvalue weighted by molar-refractivity contribution is 7.09. The summed E-state index contributed by atoms with van der Waals surface area (Å²) in [6.07, 6.45) is 1.30. The van der Waals surface area contributed by atoms with Crippen LogP contribution in [0.4, 0.5) is 0 Å². The lowest BCUT2D eigenvalue weighted by molar-refractivity contribution is -0.134. The molecule has 128 valence electrons. The van der Waals surface area contributed by atoms with E-state index in [1.165, 1.54) is 11.3 Å². The summed E-state index contributed by atoms with van der Waals surface area (Å²) < 4.78 is 0. The molecule has 1 aromatic rings. The van der Waals surface area contributed by atoms with Gasteiger partial charge in [0.2, 0.25) is 5.91 Å². The second-order valence-electron chi connectivity index (χ2n) is 7.38. The maximum absolute atomic E-state index is 12.6. The van der Waals surface area contributed by atoms with Gasteiger partial charge in [-0.25, -0.2) is 0 Å². The van der Waals surface area contributed by atoms with E-state index in [0.29, 0.717) is 24.3 Å². The van der Waals surface area contributed by atoms with E-state index < -0.39 is 0 Å². The molecule has 2 aliphatic rings. The summed E-state index contributed by atoms with van der Waals surface area (Å²) in [6, 6.07) is 4.31. The van der Waals surface area contributed by atoms with Crippen molar-refractivity contribution in [1.29, 1.82) is 0 Å². The molecule has 2 aliphatic heterocycles. The van der Waals surface area contributed by atoms with Crippen molar-refractivity contribution in [2.75, 3.05) is 45.8 Å². The molecular weight excluding hydrogens is 306 g/mol. The summed E-state index contributed by atoms with van der Waals surface area (Å²) in [5.41, 5.74) is 0. The highest BCUT2D eigenvalue weighted by Crippen LogP contribution is 2.21. The van der Waals surface area contributed by atoms with Crippen LogP contribution in [0.2, 0.25) is 0 Å². The second-order valence-corrected chi connectivity index (χ2v) is 8.41. The van der Waals surface area contributed by atoms with Crippen molar-refractivity contribution >= 4 is 17.2 Å². The van der Waals surface area contributed by atoms with Crippen molar-refractivity contribution in [1.82, 2.24) is 14.7 Å². The summed E-state index contributed by atoms with van der Waals surface area (Å²) in [5, 5.41) is 2.13. The lowest BCUT2D eigenvalue weighted by Crippen LogP contribution is -2.52. The van der Waals surface area contributed by atoms with Gasteiger partial charge >= 0.3 is 0 Å². The molecule has 0 aromatic carbocycles. The smallest absolute Gasteiger partial charge is 0.236 e. The minimum absolute atomic E-state index is 0.321. The fourth-order valence-electron chi connectivity index (χ4n) is 3.99. The van der Waals surface area contributed by atoms with Gasteiger partial charge in [-0.3, -0.25) is 14.6 Å². The van der Waals surface area contributed by atoms with Crippen molar-refractivity contribution in [2.45, 2.75) is 26.8 Å². The van der Waals surface area contributed by atoms with Crippen LogP contribution in [0.1, 0.15) is 25.1 Å². The number of carbonyl (C=O) groups excluding carboxylic acids is 1. The fraction of sp³-hybridized carbons (Fsp3) is 0.722. The number of likely N-dealkylation sites (tertiary alicyclic amines) is 1. The van der Waals surface area contributed by atoms with Crippen LogP contribution in [0.25, 0.3) is 0 Å². The Bertz CT molecular complexity index is 486. The number of hydrogen-bond acceptors (Lipinski definition) is 4. The Labute approximate surface area is 144 Å². The van der Waals surface area contributed by atoms with E-state index in [0.717, 1.165) is 45.8 Å². The molecule has 0 saturated carbocycles. The van der Waals surface area contributed by atoms with Gasteiger partial charge in [0.15, 0.2) is 0 Å². The molecule has 1 amide bonds. The molecule has 3 heterocycles. The summed E-state index contributed by atoms with van der Waals surface area (Å²) >= 11 is 1.82. The zero-order valence-electron chi connectivity index (χ0n) is 14.4. The molecule has 0 bridgehead atoms. The van der Waals surface area contributed by atoms with Crippen LogP contribution in [0.5, 0.6) is 0 Å². The summed E-state index contributed by atoms with van der Waals surface area (Å²) in [4.78, 5) is 20.9. The van der Waals surface area contributed by atoms with Gasteiger partial charge < -0.3 is 4.90 Å². The molecule has 5 heteroatoms. The summed E-state index contributed by atoms with van der Waals surface area (Å²) in [6.45, 7) is 12.1. The topological polar surface area (TPSA) is 26.8 Å². The predicted octanol–water partition coefficient (Wildman–Crippen LogP) is 2.37. The first-order valence-electron chi connectivity index (χ1n) is 8.85. The number of thiophene rings is 1. The van der Waals surface area contributed by atoms with Crippen LogP contribution >= 0.6 is 11.3 Å². The molecule has 0 radical (unpaired) electrons. The van der Waals surface area contributed by atoms with Crippen molar-refractivity contribution in [3.05, 3.63) is 22.4 Å². The molecular formula is C18H29N3OS. The molecule has 0 aliphatic carbocycles. The Kier molecular flexibility index (Phi) is 5.72. The zero-order valence-corrected chi connectivity index (χ0v) is 15.2. The first-order chi connectivity index (χ1) is 11.1. The third-order valence-electron chi connectivity index (χ3n) is 4.99. The number of amides is 1. The average Bonchev–Trinajstić information content (AvgIpc) is 3.00. The Hall–Kier alpha value is -0.910. The largest absolute Gasteiger partial charge is 0.339 e. The van der Waals surface area contributed by atoms with Crippen LogP contribution in [-0.2, 0) is 11.3 Å². The monoisotopic (exact) mass is 335 g/mol. The van der Waals surface area contributed by atoms with Gasteiger partial charge in [-0.15, -0.1) is 11.3 Å². The summed E-state index contributed by atoms with van der Waals surface area (Å²) in [5.74, 6) is 1.76. The molecule has 0 N–H and O–H groups in total. The van der Waals surface area contributed by atoms with Gasteiger partial charge in [0.25, 0.3) is 0 Å². The molecule has 2 atom stereocenters. The fourth-order valence-corrected chi connectivity index (χ4v) is 4.74. The van der Waals surface area contributed by atoms with Gasteiger partial charge in [-0.05, 0) is 29.7 Å². The zero-order chi connectivity index (χ0) is 16.2. The van der Waals surface area contributed by atoms with E-state index in [1.54, 1.807) is 0 Å². The Morgan fingerprint density at radius 1 is 1.13 bits per heavy atom. The first-order valence-corrected chi connectivity index (χ1v) is 9.73. The highest BCUT2D eigenvalue weighted by Gasteiger charge is 2.26. The molecule has 0 spiro atoms. The molecule has 23 heavy (non-hydrogen) atoms. The molecule has 3 rings (SSSR count). The van der Waals surface area contributed by atoms with Crippen LogP contribution < -0.4 is 0 Å². The second kappa shape index (κ2) is 7.77. The van der Waals surface area contributed by atoms with Crippen molar-refractivity contribution in [3.8, 4) is 0 Å². The van der Waals surface area contributed by atoms with E-state index in [1.807, 2.05) is 11.3 Å². The Balaban J connectivity index is 1.43. The number of rotatable bonds is 4. The predicted molar refractivity (Wildman–Crippen MR) is 95.6 cm³/mol. The Morgan fingerprint density at radius 3 is 2.43 bits per heavy atom. The number of nitrogens with zero attached hydrogens (tertiary/aromatic N) is 3. The van der Waals surface area contributed by atoms with E-state index in [9.17, 15) is 4.79 Å². The van der Waals surface area contributed by atoms with Crippen LogP contribution in [0.15, 0.2) is 17.5 Å². The molecule has 2 fully saturated rings. The van der Waals surface area contributed by atoms with E-state index >= 15 is 0 Å². The van der Waals surface area contributed by atoms with Gasteiger partial charge in [0.05, 0.1) is 6.54 Å². The number of piperazine rings is 1. The lowest BCUT2D eigenvalue weighted by atomic mass is 9.92. The van der Waals surface area contributed by atoms with E-state index in [-0.39, 0.29) is 0 Å². The van der Waals surface area contributed by atoms with Gasteiger partial charge in [-0.2, -0.15) is 0 Å². The molecule has 1 aromatic heterocycles. The number of carbonyl (C=O) groups is 1. The number of hydrogen-bond donors (Lipinski definition) is 0. The maximum Gasteiger partial charge on any atom is 0.236 e. The SMILES string of the molecule is CC1CC(C)CN(CC(=O)N2CCN(Cc3cccs3)CC2)C1. The first kappa shape index (κ1) is 16.9. The third kappa shape index (κ3) is 4.78. The minimum atomic E-state index is 0.321. The molecule has 2 saturated heterocycles. The van der Waals surface area contributed by atoms with Gasteiger partial charge in [-0.1, -0.05) is 19.9 Å². The van der Waals surface area contributed by atoms with E-state index in [4.69, 9.17) is 0 Å². The van der Waals surface area contributed by atoms with Crippen molar-refractivity contribution < 1.29 is 4.79 Å². The van der Waals surface area contributed by atoms with Crippen LogP contribution in [0.3, 0.4) is 0 Å². The normalized spacial score (nSPS) is 27.3. The highest BCUT2D eigenvalue weighted by atomic mass is 32.1. The lowest BCUT2D eigenvalue weighted by Gasteiger charge is -2.38. The number of piperidine rings is 1. The molecule has 4 nitrogen and oxygen atoms in total. The van der Waals surface area contributed by atoms with Crippen molar-refractivity contribution in [3.63, 3.8) is 0 Å². The van der Waals surface area contributed by atoms with Gasteiger partial charge in [0, 0.05) is 50.7 Å². The summed E-state index contributed by atoms with van der Waals surface area (Å²) in [7, 11) is 0. The molecule has 2 unspecified atom stereocenters. The van der Waals surface area contributed by atoms with Gasteiger partial charge in [0.1, 0.15) is 0 Å². The average molecular weight is 336 g/mol. The minimum Gasteiger partial charge on any atom is -0.339 e. The third-order valence-corrected chi connectivity index (χ3v) is 5.85. The maximum atomic E-state index is 12.6. The van der Waals surface area contributed by atoms with Crippen LogP contribution in [0, 0.1) is 11.8 Å². The van der Waals surface area contributed by atoms with E-state index in [2.05, 4.69) is 46.1 Å². The standard InChI is InChI=1S/C18H29N3OS/c1-15-10-16(2)12-20(11-15)14-18(22)21-7-5-19(6-8-21)13-17-4-3-9-23-17/h3-4,9,15-16H,5-8,10-14H2,1-2H3. The van der Waals surface area contributed by atoms with Crippen molar-refractivity contribution in [2.24, 2.45) is 11.8 Å². The Morgan fingerprint density at radius 2 is 1.83 bits per heavy atom. The van der Waals surface area contributed by atoms with Crippen LogP contribution in [-0.4, -0.2) is 66.4 Å².